The highest BCUT2D eigenvalue weighted by Gasteiger charge is 2.20. The van der Waals surface area contributed by atoms with Gasteiger partial charge in [-0.1, -0.05) is 28.1 Å². The van der Waals surface area contributed by atoms with E-state index in [0.29, 0.717) is 5.56 Å². The lowest BCUT2D eigenvalue weighted by Gasteiger charge is -2.16. The molecule has 15 heavy (non-hydrogen) atoms. The molecule has 1 rings (SSSR count). The van der Waals surface area contributed by atoms with Crippen LogP contribution < -0.4 is 0 Å². The van der Waals surface area contributed by atoms with Crippen molar-refractivity contribution in [1.82, 2.24) is 0 Å². The van der Waals surface area contributed by atoms with E-state index >= 15 is 0 Å². The monoisotopic (exact) mass is 278 g/mol. The summed E-state index contributed by atoms with van der Waals surface area (Å²) in [6.07, 6.45) is -2.32. The SMILES string of the molecule is OCc1ccc(C(O)C(O)CBr)c(F)c1. The largest absolute Gasteiger partial charge is 0.392 e. The summed E-state index contributed by atoms with van der Waals surface area (Å²) in [7, 11) is 0. The van der Waals surface area contributed by atoms with E-state index in [1.807, 2.05) is 0 Å². The first-order valence-corrected chi connectivity index (χ1v) is 5.53. The molecule has 1 aromatic rings. The fourth-order valence-electron chi connectivity index (χ4n) is 1.20. The molecule has 0 amide bonds. The maximum atomic E-state index is 13.4. The van der Waals surface area contributed by atoms with E-state index in [1.165, 1.54) is 12.1 Å². The topological polar surface area (TPSA) is 60.7 Å². The Kier molecular flexibility index (Phi) is 4.66. The van der Waals surface area contributed by atoms with Crippen molar-refractivity contribution in [2.75, 3.05) is 5.33 Å². The molecule has 0 aliphatic heterocycles. The summed E-state index contributed by atoms with van der Waals surface area (Å²) in [4.78, 5) is 0. The van der Waals surface area contributed by atoms with Crippen molar-refractivity contribution in [3.05, 3.63) is 35.1 Å². The van der Waals surface area contributed by atoms with E-state index < -0.39 is 18.0 Å². The Bertz CT molecular complexity index is 332. The summed E-state index contributed by atoms with van der Waals surface area (Å²) < 4.78 is 13.4. The van der Waals surface area contributed by atoms with Crippen LogP contribution in [0.2, 0.25) is 0 Å². The molecule has 0 saturated heterocycles. The van der Waals surface area contributed by atoms with Gasteiger partial charge in [-0.15, -0.1) is 0 Å². The van der Waals surface area contributed by atoms with Gasteiger partial charge in [-0.3, -0.25) is 0 Å². The van der Waals surface area contributed by atoms with Gasteiger partial charge in [0.1, 0.15) is 11.9 Å². The molecule has 1 aromatic carbocycles. The van der Waals surface area contributed by atoms with Crippen LogP contribution >= 0.6 is 15.9 Å². The number of benzene rings is 1. The second kappa shape index (κ2) is 5.55. The molecule has 0 bridgehead atoms. The summed E-state index contributed by atoms with van der Waals surface area (Å²) in [5.41, 5.74) is 0.455. The summed E-state index contributed by atoms with van der Waals surface area (Å²) in [5, 5.41) is 27.8. The zero-order valence-corrected chi connectivity index (χ0v) is 9.48. The molecule has 5 heteroatoms. The molecule has 3 N–H and O–H groups in total. The quantitative estimate of drug-likeness (QED) is 0.723. The number of hydrogen-bond donors (Lipinski definition) is 3. The minimum Gasteiger partial charge on any atom is -0.392 e. The number of rotatable bonds is 4. The van der Waals surface area contributed by atoms with Crippen LogP contribution in [0.15, 0.2) is 18.2 Å². The van der Waals surface area contributed by atoms with Gasteiger partial charge in [-0.05, 0) is 11.6 Å². The lowest BCUT2D eigenvalue weighted by atomic mass is 10.0. The van der Waals surface area contributed by atoms with Crippen LogP contribution in [-0.4, -0.2) is 26.8 Å². The third-order valence-electron chi connectivity index (χ3n) is 2.09. The van der Waals surface area contributed by atoms with Crippen molar-refractivity contribution in [2.24, 2.45) is 0 Å². The van der Waals surface area contributed by atoms with E-state index in [2.05, 4.69) is 15.9 Å². The van der Waals surface area contributed by atoms with Gasteiger partial charge in [0.2, 0.25) is 0 Å². The van der Waals surface area contributed by atoms with Gasteiger partial charge in [0, 0.05) is 10.9 Å². The first-order chi connectivity index (χ1) is 7.10. The number of alkyl halides is 1. The predicted molar refractivity (Wildman–Crippen MR) is 57.1 cm³/mol. The van der Waals surface area contributed by atoms with Crippen molar-refractivity contribution >= 4 is 15.9 Å². The molecule has 0 saturated carbocycles. The molecule has 0 radical (unpaired) electrons. The molecule has 2 unspecified atom stereocenters. The van der Waals surface area contributed by atoms with Crippen molar-refractivity contribution in [3.8, 4) is 0 Å². The van der Waals surface area contributed by atoms with Crippen molar-refractivity contribution in [3.63, 3.8) is 0 Å². The maximum absolute atomic E-state index is 13.4. The Morgan fingerprint density at radius 3 is 2.47 bits per heavy atom. The summed E-state index contributed by atoms with van der Waals surface area (Å²) in [6, 6.07) is 4.00. The van der Waals surface area contributed by atoms with Gasteiger partial charge in [-0.25, -0.2) is 4.39 Å². The summed E-state index contributed by atoms with van der Waals surface area (Å²) in [5.74, 6) is -0.631. The number of hydrogen-bond acceptors (Lipinski definition) is 3. The van der Waals surface area contributed by atoms with Crippen LogP contribution in [-0.2, 0) is 6.61 Å². The normalized spacial score (nSPS) is 15.0. The average Bonchev–Trinajstić information content (AvgIpc) is 2.26. The highest BCUT2D eigenvalue weighted by Crippen LogP contribution is 2.22. The fourth-order valence-corrected chi connectivity index (χ4v) is 1.55. The first-order valence-electron chi connectivity index (χ1n) is 4.41. The van der Waals surface area contributed by atoms with Crippen LogP contribution in [0.3, 0.4) is 0 Å². The first kappa shape index (κ1) is 12.6. The minimum absolute atomic E-state index is 0.0270. The third kappa shape index (κ3) is 2.98. The molecule has 2 atom stereocenters. The Morgan fingerprint density at radius 1 is 1.33 bits per heavy atom. The average molecular weight is 279 g/mol. The molecule has 0 aliphatic rings. The molecule has 3 nitrogen and oxygen atoms in total. The molecule has 0 fully saturated rings. The second-order valence-electron chi connectivity index (χ2n) is 3.18. The molecular weight excluding hydrogens is 267 g/mol. The fraction of sp³-hybridized carbons (Fsp3) is 0.400. The molecule has 0 heterocycles. The van der Waals surface area contributed by atoms with Gasteiger partial charge in [-0.2, -0.15) is 0 Å². The van der Waals surface area contributed by atoms with Gasteiger partial charge in [0.05, 0.1) is 12.7 Å². The van der Waals surface area contributed by atoms with Crippen molar-refractivity contribution in [2.45, 2.75) is 18.8 Å². The lowest BCUT2D eigenvalue weighted by Crippen LogP contribution is -2.20. The van der Waals surface area contributed by atoms with Gasteiger partial charge < -0.3 is 15.3 Å². The molecule has 0 spiro atoms. The third-order valence-corrected chi connectivity index (χ3v) is 2.75. The van der Waals surface area contributed by atoms with Crippen LogP contribution in [0, 0.1) is 5.82 Å². The summed E-state index contributed by atoms with van der Waals surface area (Å²) >= 11 is 2.99. The zero-order valence-electron chi connectivity index (χ0n) is 7.90. The van der Waals surface area contributed by atoms with Crippen molar-refractivity contribution in [1.29, 1.82) is 0 Å². The Labute approximate surface area is 95.3 Å². The molecular formula is C10H12BrFO3. The highest BCUT2D eigenvalue weighted by molar-refractivity contribution is 9.09. The van der Waals surface area contributed by atoms with E-state index in [4.69, 9.17) is 5.11 Å². The van der Waals surface area contributed by atoms with Crippen LogP contribution in [0.4, 0.5) is 4.39 Å². The smallest absolute Gasteiger partial charge is 0.129 e. The maximum Gasteiger partial charge on any atom is 0.129 e. The predicted octanol–water partition coefficient (Wildman–Crippen LogP) is 1.11. The van der Waals surface area contributed by atoms with Gasteiger partial charge in [0.25, 0.3) is 0 Å². The van der Waals surface area contributed by atoms with E-state index in [1.54, 1.807) is 0 Å². The highest BCUT2D eigenvalue weighted by atomic mass is 79.9. The lowest BCUT2D eigenvalue weighted by molar-refractivity contribution is 0.0319. The number of halogens is 2. The Hall–Kier alpha value is -0.490. The van der Waals surface area contributed by atoms with Gasteiger partial charge >= 0.3 is 0 Å². The second-order valence-corrected chi connectivity index (χ2v) is 3.83. The van der Waals surface area contributed by atoms with Gasteiger partial charge in [0.15, 0.2) is 0 Å². The van der Waals surface area contributed by atoms with E-state index in [-0.39, 0.29) is 17.5 Å². The Morgan fingerprint density at radius 2 is 2.00 bits per heavy atom. The molecule has 84 valence electrons. The van der Waals surface area contributed by atoms with Crippen molar-refractivity contribution < 1.29 is 19.7 Å². The van der Waals surface area contributed by atoms with E-state index in [0.717, 1.165) is 6.07 Å². The van der Waals surface area contributed by atoms with Crippen LogP contribution in [0.1, 0.15) is 17.2 Å². The van der Waals surface area contributed by atoms with Crippen LogP contribution in [0.5, 0.6) is 0 Å². The number of aliphatic hydroxyl groups is 3. The standard InChI is InChI=1S/C10H12BrFO3/c11-4-9(14)10(15)7-2-1-6(5-13)3-8(7)12/h1-3,9-10,13-15H,4-5H2. The molecule has 0 aromatic heterocycles. The molecule has 0 aliphatic carbocycles. The number of aliphatic hydroxyl groups excluding tert-OH is 3. The zero-order chi connectivity index (χ0) is 11.4. The Balaban J connectivity index is 2.95. The van der Waals surface area contributed by atoms with E-state index in [9.17, 15) is 14.6 Å². The van der Waals surface area contributed by atoms with Crippen LogP contribution in [0.25, 0.3) is 0 Å². The minimum atomic E-state index is -1.27. The summed E-state index contributed by atoms with van der Waals surface area (Å²) in [6.45, 7) is -0.256.